The first-order valence-corrected chi connectivity index (χ1v) is 9.44. The highest BCUT2D eigenvalue weighted by Gasteiger charge is 2.31. The minimum Gasteiger partial charge on any atom is -0.480 e. The van der Waals surface area contributed by atoms with E-state index in [4.69, 9.17) is 5.73 Å². The number of hydrogen-bond acceptors (Lipinski definition) is 6. The van der Waals surface area contributed by atoms with E-state index in [0.717, 1.165) is 0 Å². The topological polar surface area (TPSA) is 171 Å². The molecule has 0 spiro atoms. The predicted octanol–water partition coefficient (Wildman–Crippen LogP) is -1.04. The monoisotopic (exact) mass is 402 g/mol. The van der Waals surface area contributed by atoms with Crippen LogP contribution < -0.4 is 21.7 Å². The first-order chi connectivity index (χ1) is 12.9. The Morgan fingerprint density at radius 2 is 1.39 bits per heavy atom. The van der Waals surface area contributed by atoms with Crippen LogP contribution in [-0.4, -0.2) is 64.7 Å². The number of hydrogen-bond donors (Lipinski definition) is 6. The quantitative estimate of drug-likeness (QED) is 0.242. The Labute approximate surface area is 165 Å². The second kappa shape index (κ2) is 12.3. The fraction of sp³-hybridized carbons (Fsp3) is 0.778. The van der Waals surface area contributed by atoms with E-state index in [1.165, 1.54) is 6.92 Å². The maximum atomic E-state index is 12.6. The van der Waals surface area contributed by atoms with Crippen LogP contribution in [0, 0.1) is 11.8 Å². The summed E-state index contributed by atoms with van der Waals surface area (Å²) in [6, 6.07) is -4.25. The lowest BCUT2D eigenvalue weighted by Gasteiger charge is -2.26. The van der Waals surface area contributed by atoms with Gasteiger partial charge in [-0.15, -0.1) is 0 Å². The Hall–Kier alpha value is -2.20. The predicted molar refractivity (Wildman–Crippen MR) is 103 cm³/mol. The van der Waals surface area contributed by atoms with Gasteiger partial charge in [0, 0.05) is 0 Å². The molecule has 0 aliphatic rings. The van der Waals surface area contributed by atoms with Gasteiger partial charge in [0.2, 0.25) is 17.7 Å². The number of aliphatic carboxylic acids is 1. The molecule has 0 aromatic heterocycles. The number of carboxylic acid groups (broad SMARTS) is 1. The molecule has 5 unspecified atom stereocenters. The molecule has 7 N–H and O–H groups in total. The van der Waals surface area contributed by atoms with Crippen molar-refractivity contribution in [2.24, 2.45) is 17.6 Å². The summed E-state index contributed by atoms with van der Waals surface area (Å²) in [6.07, 6.45) is 0.804. The number of amides is 3. The third-order valence-corrected chi connectivity index (χ3v) is 4.35. The second-order valence-electron chi connectivity index (χ2n) is 7.43. The molecule has 0 rings (SSSR count). The summed E-state index contributed by atoms with van der Waals surface area (Å²) >= 11 is 0. The lowest BCUT2D eigenvalue weighted by atomic mass is 9.97. The molecule has 3 amide bonds. The SMILES string of the molecule is CCC(C)C(NC(=O)C(CC(C)C)NC(=O)C(CO)NC(=O)C(C)N)C(=O)O. The molecule has 10 heteroatoms. The molecule has 0 aliphatic carbocycles. The Morgan fingerprint density at radius 1 is 0.893 bits per heavy atom. The third-order valence-electron chi connectivity index (χ3n) is 4.35. The molecule has 0 aromatic carbocycles. The van der Waals surface area contributed by atoms with Crippen molar-refractivity contribution in [3.63, 3.8) is 0 Å². The normalized spacial score (nSPS) is 16.4. The van der Waals surface area contributed by atoms with Crippen LogP contribution in [0.5, 0.6) is 0 Å². The summed E-state index contributed by atoms with van der Waals surface area (Å²) in [5.41, 5.74) is 5.43. The van der Waals surface area contributed by atoms with E-state index in [1.807, 2.05) is 20.8 Å². The highest BCUT2D eigenvalue weighted by molar-refractivity contribution is 5.94. The van der Waals surface area contributed by atoms with Crippen molar-refractivity contribution in [3.05, 3.63) is 0 Å². The largest absolute Gasteiger partial charge is 0.480 e. The summed E-state index contributed by atoms with van der Waals surface area (Å²) in [5.74, 6) is -3.45. The smallest absolute Gasteiger partial charge is 0.326 e. The lowest BCUT2D eigenvalue weighted by molar-refractivity contribution is -0.144. The van der Waals surface area contributed by atoms with Gasteiger partial charge in [0.15, 0.2) is 0 Å². The molecule has 0 radical (unpaired) electrons. The van der Waals surface area contributed by atoms with Gasteiger partial charge in [0.05, 0.1) is 12.6 Å². The van der Waals surface area contributed by atoms with Gasteiger partial charge in [0.1, 0.15) is 18.1 Å². The van der Waals surface area contributed by atoms with Crippen molar-refractivity contribution in [2.45, 2.75) is 71.6 Å². The van der Waals surface area contributed by atoms with Crippen LogP contribution in [0.1, 0.15) is 47.5 Å². The maximum Gasteiger partial charge on any atom is 0.326 e. The van der Waals surface area contributed by atoms with Crippen LogP contribution in [-0.2, 0) is 19.2 Å². The number of carbonyl (C=O) groups is 4. The van der Waals surface area contributed by atoms with E-state index in [-0.39, 0.29) is 18.3 Å². The van der Waals surface area contributed by atoms with E-state index in [2.05, 4.69) is 16.0 Å². The number of carboxylic acids is 1. The number of aliphatic hydroxyl groups is 1. The third kappa shape index (κ3) is 8.66. The molecule has 10 nitrogen and oxygen atoms in total. The van der Waals surface area contributed by atoms with E-state index < -0.39 is 54.5 Å². The Morgan fingerprint density at radius 3 is 1.79 bits per heavy atom. The van der Waals surface area contributed by atoms with Gasteiger partial charge in [0.25, 0.3) is 0 Å². The first kappa shape index (κ1) is 25.8. The second-order valence-corrected chi connectivity index (χ2v) is 7.43. The number of nitrogens with two attached hydrogens (primary N) is 1. The van der Waals surface area contributed by atoms with E-state index >= 15 is 0 Å². The van der Waals surface area contributed by atoms with Crippen molar-refractivity contribution in [1.29, 1.82) is 0 Å². The van der Waals surface area contributed by atoms with Gasteiger partial charge in [-0.2, -0.15) is 0 Å². The number of carbonyl (C=O) groups excluding carboxylic acids is 3. The van der Waals surface area contributed by atoms with Crippen molar-refractivity contribution in [3.8, 4) is 0 Å². The Balaban J connectivity index is 5.28. The van der Waals surface area contributed by atoms with Gasteiger partial charge < -0.3 is 31.9 Å². The molecule has 5 atom stereocenters. The summed E-state index contributed by atoms with van der Waals surface area (Å²) < 4.78 is 0. The average molecular weight is 402 g/mol. The first-order valence-electron chi connectivity index (χ1n) is 9.44. The molecule has 162 valence electrons. The summed E-state index contributed by atoms with van der Waals surface area (Å²) in [5, 5.41) is 26.0. The molecule has 0 saturated carbocycles. The zero-order chi connectivity index (χ0) is 22.0. The number of nitrogens with one attached hydrogen (secondary N) is 3. The van der Waals surface area contributed by atoms with E-state index in [1.54, 1.807) is 6.92 Å². The highest BCUT2D eigenvalue weighted by Crippen LogP contribution is 2.10. The average Bonchev–Trinajstić information content (AvgIpc) is 2.61. The zero-order valence-electron chi connectivity index (χ0n) is 17.2. The van der Waals surface area contributed by atoms with E-state index in [9.17, 15) is 29.4 Å². The maximum absolute atomic E-state index is 12.6. The Bertz CT molecular complexity index is 552. The van der Waals surface area contributed by atoms with Crippen molar-refractivity contribution < 1.29 is 29.4 Å². The van der Waals surface area contributed by atoms with Gasteiger partial charge in [-0.05, 0) is 25.2 Å². The molecular formula is C18H34N4O6. The zero-order valence-corrected chi connectivity index (χ0v) is 17.2. The van der Waals surface area contributed by atoms with Crippen LogP contribution in [0.3, 0.4) is 0 Å². The van der Waals surface area contributed by atoms with Gasteiger partial charge >= 0.3 is 5.97 Å². The fourth-order valence-electron chi connectivity index (χ4n) is 2.41. The summed E-state index contributed by atoms with van der Waals surface area (Å²) in [7, 11) is 0. The molecule has 0 saturated heterocycles. The standard InChI is InChI=1S/C18H34N4O6/c1-6-10(4)14(18(27)28)22-16(25)12(7-9(2)3)20-17(26)13(8-23)21-15(24)11(5)19/h9-14,23H,6-8,19H2,1-5H3,(H,20,26)(H,21,24)(H,22,25)(H,27,28). The molecule has 0 aromatic rings. The minimum absolute atomic E-state index is 0.0224. The highest BCUT2D eigenvalue weighted by atomic mass is 16.4. The molecule has 0 fully saturated rings. The van der Waals surface area contributed by atoms with Crippen LogP contribution >= 0.6 is 0 Å². The number of aliphatic hydroxyl groups excluding tert-OH is 1. The summed E-state index contributed by atoms with van der Waals surface area (Å²) in [6.45, 7) is 7.96. The van der Waals surface area contributed by atoms with Gasteiger partial charge in [-0.1, -0.05) is 34.1 Å². The molecule has 28 heavy (non-hydrogen) atoms. The summed E-state index contributed by atoms with van der Waals surface area (Å²) in [4.78, 5) is 48.2. The van der Waals surface area contributed by atoms with Gasteiger partial charge in [-0.25, -0.2) is 4.79 Å². The fourth-order valence-corrected chi connectivity index (χ4v) is 2.41. The molecule has 0 heterocycles. The number of rotatable bonds is 12. The molecule has 0 bridgehead atoms. The van der Waals surface area contributed by atoms with Crippen molar-refractivity contribution >= 4 is 23.7 Å². The van der Waals surface area contributed by atoms with Crippen molar-refractivity contribution in [2.75, 3.05) is 6.61 Å². The van der Waals surface area contributed by atoms with Crippen LogP contribution in [0.4, 0.5) is 0 Å². The molecular weight excluding hydrogens is 368 g/mol. The van der Waals surface area contributed by atoms with E-state index in [0.29, 0.717) is 6.42 Å². The van der Waals surface area contributed by atoms with Crippen LogP contribution in [0.25, 0.3) is 0 Å². The Kier molecular flexibility index (Phi) is 11.3. The van der Waals surface area contributed by atoms with Crippen LogP contribution in [0.15, 0.2) is 0 Å². The lowest BCUT2D eigenvalue weighted by Crippen LogP contribution is -2.58. The molecule has 0 aliphatic heterocycles. The van der Waals surface area contributed by atoms with Gasteiger partial charge in [-0.3, -0.25) is 14.4 Å². The van der Waals surface area contributed by atoms with Crippen LogP contribution in [0.2, 0.25) is 0 Å². The minimum atomic E-state index is -1.27. The van der Waals surface area contributed by atoms with Crippen molar-refractivity contribution in [1.82, 2.24) is 16.0 Å².